The van der Waals surface area contributed by atoms with Gasteiger partial charge in [-0.25, -0.2) is 0 Å². The van der Waals surface area contributed by atoms with Crippen LogP contribution in [0.15, 0.2) is 0 Å². The maximum Gasteiger partial charge on any atom is 0.223 e. The van der Waals surface area contributed by atoms with Crippen LogP contribution in [0.2, 0.25) is 0 Å². The quantitative estimate of drug-likeness (QED) is 0.742. The minimum atomic E-state index is 0.00987. The second-order valence-corrected chi connectivity index (χ2v) is 4.62. The number of carbonyl (C=O) groups is 2. The number of carbonyl (C=O) groups excluding carboxylic acids is 2. The fourth-order valence-electron chi connectivity index (χ4n) is 1.72. The first-order valence-corrected chi connectivity index (χ1v) is 6.13. The average molecular weight is 226 g/mol. The van der Waals surface area contributed by atoms with Crippen LogP contribution in [0.5, 0.6) is 0 Å². The van der Waals surface area contributed by atoms with E-state index in [4.69, 9.17) is 0 Å². The second kappa shape index (κ2) is 5.87. The smallest absolute Gasteiger partial charge is 0.223 e. The van der Waals surface area contributed by atoms with Crippen LogP contribution < -0.4 is 5.32 Å². The van der Waals surface area contributed by atoms with Gasteiger partial charge in [0.25, 0.3) is 0 Å². The molecule has 0 bridgehead atoms. The van der Waals surface area contributed by atoms with Gasteiger partial charge in [0.05, 0.1) is 0 Å². The molecule has 1 N–H and O–H groups in total. The fraction of sp³-hybridized carbons (Fsp3) is 0.833. The predicted molar refractivity (Wildman–Crippen MR) is 62.9 cm³/mol. The van der Waals surface area contributed by atoms with Gasteiger partial charge < -0.3 is 10.2 Å². The van der Waals surface area contributed by atoms with Gasteiger partial charge in [-0.1, -0.05) is 0 Å². The summed E-state index contributed by atoms with van der Waals surface area (Å²) in [5.74, 6) is 0.0825. The molecule has 1 saturated carbocycles. The van der Waals surface area contributed by atoms with Crippen molar-refractivity contribution in [3.05, 3.63) is 0 Å². The summed E-state index contributed by atoms with van der Waals surface area (Å²) in [6.07, 6.45) is 2.82. The summed E-state index contributed by atoms with van der Waals surface area (Å²) >= 11 is 0. The normalized spacial score (nSPS) is 15.0. The minimum absolute atomic E-state index is 0.00987. The molecule has 0 heterocycles. The summed E-state index contributed by atoms with van der Waals surface area (Å²) in [4.78, 5) is 25.0. The largest absolute Gasteiger partial charge is 0.353 e. The van der Waals surface area contributed by atoms with Gasteiger partial charge in [-0.2, -0.15) is 0 Å². The van der Waals surface area contributed by atoms with Crippen LogP contribution in [0.25, 0.3) is 0 Å². The molecule has 1 rings (SSSR count). The molecular formula is C12H22N2O2. The molecule has 0 spiro atoms. The highest BCUT2D eigenvalue weighted by Crippen LogP contribution is 2.18. The maximum absolute atomic E-state index is 11.8. The Kier molecular flexibility index (Phi) is 4.77. The Morgan fingerprint density at radius 1 is 1.31 bits per heavy atom. The van der Waals surface area contributed by atoms with Gasteiger partial charge in [-0.05, 0) is 33.6 Å². The van der Waals surface area contributed by atoms with Gasteiger partial charge in [0.2, 0.25) is 11.8 Å². The number of hydrogen-bond acceptors (Lipinski definition) is 2. The third-order valence-electron chi connectivity index (χ3n) is 2.79. The fourth-order valence-corrected chi connectivity index (χ4v) is 1.72. The van der Waals surface area contributed by atoms with E-state index in [0.717, 1.165) is 12.8 Å². The Morgan fingerprint density at radius 2 is 1.94 bits per heavy atom. The summed E-state index contributed by atoms with van der Waals surface area (Å²) in [6, 6.07) is 0.596. The van der Waals surface area contributed by atoms with E-state index in [1.807, 2.05) is 20.8 Å². The van der Waals surface area contributed by atoms with E-state index >= 15 is 0 Å². The van der Waals surface area contributed by atoms with Crippen molar-refractivity contribution < 1.29 is 9.59 Å². The van der Waals surface area contributed by atoms with Crippen LogP contribution in [-0.2, 0) is 9.59 Å². The van der Waals surface area contributed by atoms with Crippen LogP contribution in [0.4, 0.5) is 0 Å². The molecule has 4 heteroatoms. The number of nitrogens with zero attached hydrogens (tertiary/aromatic N) is 1. The van der Waals surface area contributed by atoms with E-state index in [1.165, 1.54) is 0 Å². The molecule has 0 aliphatic heterocycles. The van der Waals surface area contributed by atoms with Gasteiger partial charge in [-0.15, -0.1) is 0 Å². The lowest BCUT2D eigenvalue weighted by atomic mass is 10.2. The highest BCUT2D eigenvalue weighted by molar-refractivity contribution is 5.84. The summed E-state index contributed by atoms with van der Waals surface area (Å²) in [5.41, 5.74) is 0. The van der Waals surface area contributed by atoms with Gasteiger partial charge in [-0.3, -0.25) is 9.59 Å². The first-order valence-electron chi connectivity index (χ1n) is 6.13. The third-order valence-corrected chi connectivity index (χ3v) is 2.79. The summed E-state index contributed by atoms with van der Waals surface area (Å²) in [7, 11) is 0. The van der Waals surface area contributed by atoms with E-state index in [-0.39, 0.29) is 17.9 Å². The lowest BCUT2D eigenvalue weighted by Gasteiger charge is -2.25. The molecule has 4 nitrogen and oxygen atoms in total. The van der Waals surface area contributed by atoms with E-state index in [1.54, 1.807) is 4.90 Å². The molecule has 1 fully saturated rings. The molecule has 0 aromatic carbocycles. The lowest BCUT2D eigenvalue weighted by Crippen LogP contribution is -2.37. The van der Waals surface area contributed by atoms with Crippen molar-refractivity contribution in [2.24, 2.45) is 0 Å². The van der Waals surface area contributed by atoms with Crippen molar-refractivity contribution in [1.29, 1.82) is 0 Å². The first kappa shape index (κ1) is 13.0. The van der Waals surface area contributed by atoms with E-state index in [2.05, 4.69) is 5.32 Å². The van der Waals surface area contributed by atoms with Crippen molar-refractivity contribution in [2.45, 2.75) is 58.5 Å². The molecule has 0 radical (unpaired) electrons. The average Bonchev–Trinajstić information content (AvgIpc) is 2.99. The van der Waals surface area contributed by atoms with Crippen LogP contribution >= 0.6 is 0 Å². The molecule has 92 valence electrons. The van der Waals surface area contributed by atoms with Crippen LogP contribution in [0.1, 0.15) is 46.5 Å². The Labute approximate surface area is 97.4 Å². The monoisotopic (exact) mass is 226 g/mol. The Hall–Kier alpha value is -1.06. The molecule has 0 aromatic rings. The zero-order valence-electron chi connectivity index (χ0n) is 10.5. The van der Waals surface area contributed by atoms with E-state index in [9.17, 15) is 9.59 Å². The second-order valence-electron chi connectivity index (χ2n) is 4.62. The van der Waals surface area contributed by atoms with Crippen molar-refractivity contribution in [3.8, 4) is 0 Å². The molecule has 1 aliphatic rings. The summed E-state index contributed by atoms with van der Waals surface area (Å²) < 4.78 is 0. The first-order chi connectivity index (χ1) is 7.54. The molecule has 2 amide bonds. The number of amides is 2. The zero-order chi connectivity index (χ0) is 12.1. The Morgan fingerprint density at radius 3 is 2.38 bits per heavy atom. The Bertz CT molecular complexity index is 260. The van der Waals surface area contributed by atoms with Gasteiger partial charge in [0, 0.05) is 31.5 Å². The minimum Gasteiger partial charge on any atom is -0.353 e. The van der Waals surface area contributed by atoms with Gasteiger partial charge >= 0.3 is 0 Å². The number of nitrogens with one attached hydrogen (secondary N) is 1. The predicted octanol–water partition coefficient (Wildman–Crippen LogP) is 1.30. The molecular weight excluding hydrogens is 204 g/mol. The SMILES string of the molecule is CCN(C(=O)CCC(=O)NC1CC1)C(C)C. The Balaban J connectivity index is 2.24. The third kappa shape index (κ3) is 4.21. The molecule has 0 unspecified atom stereocenters. The molecule has 0 atom stereocenters. The van der Waals surface area contributed by atoms with Crippen molar-refractivity contribution in [3.63, 3.8) is 0 Å². The number of rotatable bonds is 6. The van der Waals surface area contributed by atoms with Crippen molar-refractivity contribution >= 4 is 11.8 Å². The number of hydrogen-bond donors (Lipinski definition) is 1. The van der Waals surface area contributed by atoms with Crippen LogP contribution in [0.3, 0.4) is 0 Å². The highest BCUT2D eigenvalue weighted by Gasteiger charge is 2.23. The maximum atomic E-state index is 11.8. The van der Waals surface area contributed by atoms with Crippen LogP contribution in [-0.4, -0.2) is 35.3 Å². The van der Waals surface area contributed by atoms with Gasteiger partial charge in [0.15, 0.2) is 0 Å². The topological polar surface area (TPSA) is 49.4 Å². The van der Waals surface area contributed by atoms with E-state index in [0.29, 0.717) is 25.4 Å². The highest BCUT2D eigenvalue weighted by atomic mass is 16.2. The standard InChI is InChI=1S/C12H22N2O2/c1-4-14(9(2)3)12(16)8-7-11(15)13-10-5-6-10/h9-10H,4-8H2,1-3H3,(H,13,15). The molecule has 0 aromatic heterocycles. The molecule has 1 aliphatic carbocycles. The van der Waals surface area contributed by atoms with Gasteiger partial charge in [0.1, 0.15) is 0 Å². The van der Waals surface area contributed by atoms with Crippen LogP contribution in [0, 0.1) is 0 Å². The summed E-state index contributed by atoms with van der Waals surface area (Å²) in [6.45, 7) is 6.65. The van der Waals surface area contributed by atoms with E-state index < -0.39 is 0 Å². The zero-order valence-corrected chi connectivity index (χ0v) is 10.5. The molecule has 16 heavy (non-hydrogen) atoms. The van der Waals surface area contributed by atoms with Crippen molar-refractivity contribution in [2.75, 3.05) is 6.54 Å². The lowest BCUT2D eigenvalue weighted by molar-refractivity contribution is -0.134. The molecule has 0 saturated heterocycles. The van der Waals surface area contributed by atoms with Crippen molar-refractivity contribution in [1.82, 2.24) is 10.2 Å². The summed E-state index contributed by atoms with van der Waals surface area (Å²) in [5, 5.41) is 2.89.